The number of rotatable bonds is 7. The molecule has 8 nitrogen and oxygen atoms in total. The number of ether oxygens (including phenoxy) is 2. The molecule has 0 aromatic heterocycles. The van der Waals surface area contributed by atoms with E-state index in [2.05, 4.69) is 5.32 Å². The molecular weight excluding hydrogens is 348 g/mol. The summed E-state index contributed by atoms with van der Waals surface area (Å²) in [5.41, 5.74) is -0.383. The van der Waals surface area contributed by atoms with Crippen LogP contribution in [0.15, 0.2) is 11.1 Å². The highest BCUT2D eigenvalue weighted by molar-refractivity contribution is 7.89. The fourth-order valence-electron chi connectivity index (χ4n) is 3.29. The second kappa shape index (κ2) is 7.84. The van der Waals surface area contributed by atoms with E-state index in [0.29, 0.717) is 30.7 Å². The fraction of sp³-hybridized carbons (Fsp3) is 0.750. The number of carbonyl (C=O) groups excluding carboxylic acids is 2. The molecular formula is C16H26N2O6S. The van der Waals surface area contributed by atoms with E-state index in [9.17, 15) is 18.0 Å². The Labute approximate surface area is 148 Å². The molecule has 142 valence electrons. The largest absolute Gasteiger partial charge is 0.450 e. The minimum Gasteiger partial charge on any atom is -0.450 e. The molecule has 0 radical (unpaired) electrons. The van der Waals surface area contributed by atoms with Crippen molar-refractivity contribution < 1.29 is 27.5 Å². The predicted octanol–water partition coefficient (Wildman–Crippen LogP) is 0.197. The summed E-state index contributed by atoms with van der Waals surface area (Å²) < 4.78 is 35.9. The van der Waals surface area contributed by atoms with Crippen LogP contribution in [-0.2, 0) is 29.1 Å². The lowest BCUT2D eigenvalue weighted by atomic mass is 9.83. The number of hydrogen-bond donors (Lipinski definition) is 1. The topological polar surface area (TPSA) is 102 Å². The van der Waals surface area contributed by atoms with E-state index in [-0.39, 0.29) is 37.6 Å². The predicted molar refractivity (Wildman–Crippen MR) is 91.3 cm³/mol. The molecule has 2 heterocycles. The van der Waals surface area contributed by atoms with Crippen molar-refractivity contribution in [3.8, 4) is 0 Å². The Morgan fingerprint density at radius 3 is 2.56 bits per heavy atom. The Hall–Kier alpha value is -1.45. The maximum absolute atomic E-state index is 12.6. The van der Waals surface area contributed by atoms with Gasteiger partial charge < -0.3 is 14.8 Å². The molecule has 1 N–H and O–H groups in total. The van der Waals surface area contributed by atoms with Crippen LogP contribution in [0.3, 0.4) is 0 Å². The maximum Gasteiger partial charge on any atom is 0.335 e. The average Bonchev–Trinajstić information content (AvgIpc) is 2.82. The monoisotopic (exact) mass is 374 g/mol. The zero-order valence-corrected chi connectivity index (χ0v) is 15.8. The van der Waals surface area contributed by atoms with Crippen molar-refractivity contribution in [3.63, 3.8) is 0 Å². The lowest BCUT2D eigenvalue weighted by molar-refractivity contribution is -0.150. The van der Waals surface area contributed by atoms with Crippen LogP contribution in [0.4, 0.5) is 0 Å². The Morgan fingerprint density at radius 1 is 1.36 bits per heavy atom. The van der Waals surface area contributed by atoms with Gasteiger partial charge >= 0.3 is 5.97 Å². The first-order valence-electron chi connectivity index (χ1n) is 8.47. The van der Waals surface area contributed by atoms with E-state index in [4.69, 9.17) is 9.47 Å². The molecule has 0 unspecified atom stereocenters. The van der Waals surface area contributed by atoms with Crippen molar-refractivity contribution in [2.24, 2.45) is 0 Å². The van der Waals surface area contributed by atoms with Gasteiger partial charge in [-0.15, -0.1) is 0 Å². The van der Waals surface area contributed by atoms with Gasteiger partial charge in [0.1, 0.15) is 5.60 Å². The van der Waals surface area contributed by atoms with E-state index < -0.39 is 21.6 Å². The highest BCUT2D eigenvalue weighted by atomic mass is 32.2. The van der Waals surface area contributed by atoms with Crippen LogP contribution in [0.5, 0.6) is 0 Å². The van der Waals surface area contributed by atoms with Crippen LogP contribution in [0.25, 0.3) is 0 Å². The van der Waals surface area contributed by atoms with Crippen LogP contribution >= 0.6 is 0 Å². The van der Waals surface area contributed by atoms with Crippen molar-refractivity contribution in [2.75, 3.05) is 39.1 Å². The lowest BCUT2D eigenvalue weighted by Gasteiger charge is -2.38. The second-order valence-corrected chi connectivity index (χ2v) is 8.54. The third-order valence-corrected chi connectivity index (χ3v) is 6.63. The number of methoxy groups -OCH3 is 1. The van der Waals surface area contributed by atoms with E-state index >= 15 is 0 Å². The lowest BCUT2D eigenvalue weighted by Crippen LogP contribution is -2.50. The molecule has 1 amide bonds. The Balaban J connectivity index is 2.12. The standard InChI is InChI=1S/C16H26N2O6S/c1-4-25(21,22)18-9-6-16(7-10-18)13(12(2)15(20)24-16)14(19)17-8-5-11-23-3/h4-11H2,1-3H3,(H,17,19). The maximum atomic E-state index is 12.6. The number of nitrogens with one attached hydrogen (secondary N) is 1. The van der Waals surface area contributed by atoms with Crippen molar-refractivity contribution in [1.82, 2.24) is 9.62 Å². The van der Waals surface area contributed by atoms with Crippen molar-refractivity contribution in [3.05, 3.63) is 11.1 Å². The first-order valence-corrected chi connectivity index (χ1v) is 10.1. The quantitative estimate of drug-likeness (QED) is 0.504. The molecule has 1 saturated heterocycles. The normalized spacial score (nSPS) is 20.8. The summed E-state index contributed by atoms with van der Waals surface area (Å²) in [6.45, 7) is 4.61. The van der Waals surface area contributed by atoms with Gasteiger partial charge in [-0.2, -0.15) is 0 Å². The minimum absolute atomic E-state index is 0.0293. The molecule has 0 aromatic rings. The summed E-state index contributed by atoms with van der Waals surface area (Å²) in [5.74, 6) is -0.804. The molecule has 0 atom stereocenters. The highest BCUT2D eigenvalue weighted by Crippen LogP contribution is 2.41. The van der Waals surface area contributed by atoms with E-state index in [0.717, 1.165) is 0 Å². The van der Waals surface area contributed by atoms with Crippen LogP contribution in [0.1, 0.15) is 33.1 Å². The first-order chi connectivity index (χ1) is 11.8. The summed E-state index contributed by atoms with van der Waals surface area (Å²) in [7, 11) is -1.70. The number of sulfonamides is 1. The van der Waals surface area contributed by atoms with Crippen molar-refractivity contribution in [1.29, 1.82) is 0 Å². The van der Waals surface area contributed by atoms with Gasteiger partial charge in [-0.25, -0.2) is 17.5 Å². The smallest absolute Gasteiger partial charge is 0.335 e. The average molecular weight is 374 g/mol. The summed E-state index contributed by atoms with van der Waals surface area (Å²) >= 11 is 0. The number of amides is 1. The third-order valence-electron chi connectivity index (χ3n) is 4.75. The SMILES string of the molecule is CCS(=O)(=O)N1CCC2(CC1)OC(=O)C(C)=C2C(=O)NCCCOC. The fourth-order valence-corrected chi connectivity index (χ4v) is 4.40. The molecule has 0 aromatic carbocycles. The highest BCUT2D eigenvalue weighted by Gasteiger charge is 2.51. The van der Waals surface area contributed by atoms with Gasteiger partial charge in [-0.1, -0.05) is 0 Å². The van der Waals surface area contributed by atoms with Gasteiger partial charge in [-0.05, 0) is 20.3 Å². The number of carbonyl (C=O) groups is 2. The van der Waals surface area contributed by atoms with Gasteiger partial charge in [0.2, 0.25) is 10.0 Å². The summed E-state index contributed by atoms with van der Waals surface area (Å²) in [4.78, 5) is 24.7. The number of piperidine rings is 1. The Morgan fingerprint density at radius 2 is 2.00 bits per heavy atom. The molecule has 2 rings (SSSR count). The molecule has 0 saturated carbocycles. The molecule has 1 fully saturated rings. The molecule has 25 heavy (non-hydrogen) atoms. The van der Waals surface area contributed by atoms with Crippen molar-refractivity contribution >= 4 is 21.9 Å². The molecule has 2 aliphatic heterocycles. The third kappa shape index (κ3) is 4.04. The van der Waals surface area contributed by atoms with Gasteiger partial charge in [-0.3, -0.25) is 4.79 Å². The van der Waals surface area contributed by atoms with E-state index in [1.165, 1.54) is 4.31 Å². The Bertz CT molecular complexity index is 662. The van der Waals surface area contributed by atoms with Gasteiger partial charge in [0.05, 0.1) is 11.3 Å². The van der Waals surface area contributed by atoms with Gasteiger partial charge in [0.25, 0.3) is 5.91 Å². The van der Waals surface area contributed by atoms with Gasteiger partial charge in [0, 0.05) is 51.8 Å². The summed E-state index contributed by atoms with van der Waals surface area (Å²) in [6, 6.07) is 0. The molecule has 9 heteroatoms. The van der Waals surface area contributed by atoms with Crippen LogP contribution in [0, 0.1) is 0 Å². The van der Waals surface area contributed by atoms with E-state index in [1.807, 2.05) is 0 Å². The summed E-state index contributed by atoms with van der Waals surface area (Å²) in [6.07, 6.45) is 1.24. The first kappa shape index (κ1) is 19.9. The van der Waals surface area contributed by atoms with Crippen LogP contribution < -0.4 is 5.32 Å². The zero-order valence-electron chi connectivity index (χ0n) is 15.0. The molecule has 2 aliphatic rings. The van der Waals surface area contributed by atoms with E-state index in [1.54, 1.807) is 21.0 Å². The summed E-state index contributed by atoms with van der Waals surface area (Å²) in [5, 5.41) is 2.79. The van der Waals surface area contributed by atoms with Gasteiger partial charge in [0.15, 0.2) is 0 Å². The second-order valence-electron chi connectivity index (χ2n) is 6.29. The van der Waals surface area contributed by atoms with Crippen molar-refractivity contribution in [2.45, 2.75) is 38.7 Å². The molecule has 0 aliphatic carbocycles. The molecule has 0 bridgehead atoms. The molecule has 1 spiro atoms. The van der Waals surface area contributed by atoms with Crippen LogP contribution in [0.2, 0.25) is 0 Å². The minimum atomic E-state index is -3.29. The Kier molecular flexibility index (Phi) is 6.23. The number of nitrogens with zero attached hydrogens (tertiary/aromatic N) is 1. The number of hydrogen-bond acceptors (Lipinski definition) is 6. The zero-order chi connectivity index (χ0) is 18.7. The number of esters is 1. The van der Waals surface area contributed by atoms with Crippen LogP contribution in [-0.4, -0.2) is 69.3 Å².